The van der Waals surface area contributed by atoms with E-state index in [0.717, 1.165) is 43.6 Å². The molecule has 1 aliphatic rings. The van der Waals surface area contributed by atoms with Gasteiger partial charge in [-0.3, -0.25) is 10.3 Å². The molecule has 0 saturated carbocycles. The van der Waals surface area contributed by atoms with Gasteiger partial charge >= 0.3 is 6.03 Å². The average molecular weight is 300 g/mol. The maximum Gasteiger partial charge on any atom is 0.324 e. The number of carbonyl (C=O) groups excluding carboxylic acids is 1. The zero-order valence-corrected chi connectivity index (χ0v) is 12.7. The van der Waals surface area contributed by atoms with Crippen LogP contribution in [0.2, 0.25) is 0 Å². The molecule has 0 unspecified atom stereocenters. The minimum absolute atomic E-state index is 0.111. The molecule has 6 heteroatoms. The zero-order chi connectivity index (χ0) is 15.4. The lowest BCUT2D eigenvalue weighted by Crippen LogP contribution is -2.38. The summed E-state index contributed by atoms with van der Waals surface area (Å²) in [5.74, 6) is 0.401. The summed E-state index contributed by atoms with van der Waals surface area (Å²) in [4.78, 5) is 18.6. The van der Waals surface area contributed by atoms with Crippen molar-refractivity contribution in [1.82, 2.24) is 15.0 Å². The molecule has 0 radical (unpaired) electrons. The number of pyridine rings is 1. The highest BCUT2D eigenvalue weighted by Gasteiger charge is 2.29. The summed E-state index contributed by atoms with van der Waals surface area (Å²) in [6.07, 6.45) is 5.70. The van der Waals surface area contributed by atoms with Crippen LogP contribution in [0.5, 0.6) is 0 Å². The van der Waals surface area contributed by atoms with Crippen LogP contribution in [0.15, 0.2) is 35.0 Å². The molecule has 3 heterocycles. The fourth-order valence-electron chi connectivity index (χ4n) is 2.86. The number of rotatable bonds is 4. The van der Waals surface area contributed by atoms with E-state index >= 15 is 0 Å². The van der Waals surface area contributed by atoms with Crippen molar-refractivity contribution in [2.24, 2.45) is 0 Å². The molecule has 0 spiro atoms. The minimum Gasteiger partial charge on any atom is -0.338 e. The predicted molar refractivity (Wildman–Crippen MR) is 82.5 cm³/mol. The van der Waals surface area contributed by atoms with Crippen LogP contribution in [0.1, 0.15) is 30.7 Å². The smallest absolute Gasteiger partial charge is 0.324 e. The summed E-state index contributed by atoms with van der Waals surface area (Å²) >= 11 is 0. The van der Waals surface area contributed by atoms with Crippen molar-refractivity contribution in [2.75, 3.05) is 11.9 Å². The number of aromatic nitrogens is 2. The SMILES string of the molecule is Cc1cc(NC(=O)N2CCC[C@H]2CCc2ccccn2)on1. The minimum atomic E-state index is -0.111. The van der Waals surface area contributed by atoms with Gasteiger partial charge < -0.3 is 9.42 Å². The van der Waals surface area contributed by atoms with Gasteiger partial charge in [-0.2, -0.15) is 0 Å². The van der Waals surface area contributed by atoms with Crippen molar-refractivity contribution in [3.63, 3.8) is 0 Å². The number of nitrogens with zero attached hydrogens (tertiary/aromatic N) is 3. The lowest BCUT2D eigenvalue weighted by Gasteiger charge is -2.24. The van der Waals surface area contributed by atoms with E-state index in [1.807, 2.05) is 30.0 Å². The van der Waals surface area contributed by atoms with Crippen molar-refractivity contribution in [1.29, 1.82) is 0 Å². The standard InChI is InChI=1S/C16H20N4O2/c1-12-11-15(22-19-12)18-16(21)20-10-4-6-14(20)8-7-13-5-2-3-9-17-13/h2-3,5,9,11,14H,4,6-8,10H2,1H3,(H,18,21)/t14-/m0/s1. The van der Waals surface area contributed by atoms with Crippen LogP contribution in [0, 0.1) is 6.92 Å². The summed E-state index contributed by atoms with van der Waals surface area (Å²) in [6, 6.07) is 7.80. The number of amides is 2. The number of likely N-dealkylation sites (tertiary alicyclic amines) is 1. The summed E-state index contributed by atoms with van der Waals surface area (Å²) in [5, 5.41) is 6.55. The van der Waals surface area contributed by atoms with Gasteiger partial charge in [0.25, 0.3) is 0 Å². The monoisotopic (exact) mass is 300 g/mol. The highest BCUT2D eigenvalue weighted by atomic mass is 16.5. The molecule has 1 N–H and O–H groups in total. The van der Waals surface area contributed by atoms with Gasteiger partial charge in [0.2, 0.25) is 5.88 Å². The first-order valence-corrected chi connectivity index (χ1v) is 7.63. The molecule has 3 rings (SSSR count). The quantitative estimate of drug-likeness (QED) is 0.942. The Bertz CT molecular complexity index is 626. The highest BCUT2D eigenvalue weighted by Crippen LogP contribution is 2.23. The van der Waals surface area contributed by atoms with Crippen molar-refractivity contribution in [2.45, 2.75) is 38.6 Å². The molecular formula is C16H20N4O2. The number of hydrogen-bond donors (Lipinski definition) is 1. The normalized spacial score (nSPS) is 17.7. The number of nitrogens with one attached hydrogen (secondary N) is 1. The van der Waals surface area contributed by atoms with Crippen LogP contribution in [0.25, 0.3) is 0 Å². The maximum absolute atomic E-state index is 12.4. The Balaban J connectivity index is 1.56. The highest BCUT2D eigenvalue weighted by molar-refractivity contribution is 5.88. The molecule has 116 valence electrons. The fraction of sp³-hybridized carbons (Fsp3) is 0.438. The molecule has 1 fully saturated rings. The molecule has 2 aromatic rings. The first kappa shape index (κ1) is 14.6. The Hall–Kier alpha value is -2.37. The van der Waals surface area contributed by atoms with Crippen LogP contribution in [0.4, 0.5) is 10.7 Å². The third kappa shape index (κ3) is 3.44. The largest absolute Gasteiger partial charge is 0.338 e. The lowest BCUT2D eigenvalue weighted by molar-refractivity contribution is 0.203. The molecule has 2 amide bonds. The van der Waals surface area contributed by atoms with Crippen molar-refractivity contribution in [3.8, 4) is 0 Å². The molecular weight excluding hydrogens is 280 g/mol. The van der Waals surface area contributed by atoms with Crippen molar-refractivity contribution < 1.29 is 9.32 Å². The van der Waals surface area contributed by atoms with Crippen LogP contribution >= 0.6 is 0 Å². The average Bonchev–Trinajstić information content (AvgIpc) is 3.15. The molecule has 1 atom stereocenters. The second-order valence-corrected chi connectivity index (χ2v) is 5.61. The molecule has 0 bridgehead atoms. The summed E-state index contributed by atoms with van der Waals surface area (Å²) in [5.41, 5.74) is 1.82. The van der Waals surface area contributed by atoms with Gasteiger partial charge in [-0.15, -0.1) is 0 Å². The summed E-state index contributed by atoms with van der Waals surface area (Å²) in [6.45, 7) is 2.61. The molecule has 1 aliphatic heterocycles. The van der Waals surface area contributed by atoms with Gasteiger partial charge in [-0.1, -0.05) is 11.2 Å². The lowest BCUT2D eigenvalue weighted by atomic mass is 10.1. The Morgan fingerprint density at radius 3 is 3.14 bits per heavy atom. The van der Waals surface area contributed by atoms with Crippen LogP contribution in [-0.2, 0) is 6.42 Å². The number of aryl methyl sites for hydroxylation is 2. The topological polar surface area (TPSA) is 71.3 Å². The number of urea groups is 1. The Morgan fingerprint density at radius 1 is 1.50 bits per heavy atom. The third-order valence-corrected chi connectivity index (χ3v) is 3.96. The summed E-state index contributed by atoms with van der Waals surface area (Å²) in [7, 11) is 0. The maximum atomic E-state index is 12.4. The van der Waals surface area contributed by atoms with Gasteiger partial charge in [-0.05, 0) is 44.7 Å². The Kier molecular flexibility index (Phi) is 4.37. The van der Waals surface area contributed by atoms with Crippen LogP contribution in [0.3, 0.4) is 0 Å². The molecule has 0 aliphatic carbocycles. The van der Waals surface area contributed by atoms with E-state index in [9.17, 15) is 4.79 Å². The number of hydrogen-bond acceptors (Lipinski definition) is 4. The van der Waals surface area contributed by atoms with E-state index in [1.165, 1.54) is 0 Å². The number of anilines is 1. The van der Waals surface area contributed by atoms with Crippen LogP contribution in [-0.4, -0.2) is 33.7 Å². The van der Waals surface area contributed by atoms with E-state index in [1.54, 1.807) is 12.3 Å². The van der Waals surface area contributed by atoms with Gasteiger partial charge in [-0.25, -0.2) is 4.79 Å². The van der Waals surface area contributed by atoms with Gasteiger partial charge in [0, 0.05) is 30.5 Å². The molecule has 2 aromatic heterocycles. The van der Waals surface area contributed by atoms with Gasteiger partial charge in [0.15, 0.2) is 0 Å². The zero-order valence-electron chi connectivity index (χ0n) is 12.7. The number of carbonyl (C=O) groups is 1. The fourth-order valence-corrected chi connectivity index (χ4v) is 2.86. The Labute approximate surface area is 129 Å². The van der Waals surface area contributed by atoms with E-state index in [-0.39, 0.29) is 12.1 Å². The predicted octanol–water partition coefficient (Wildman–Crippen LogP) is 3.01. The van der Waals surface area contributed by atoms with Gasteiger partial charge in [0.1, 0.15) is 0 Å². The first-order valence-electron chi connectivity index (χ1n) is 7.63. The van der Waals surface area contributed by atoms with E-state index in [0.29, 0.717) is 5.88 Å². The molecule has 22 heavy (non-hydrogen) atoms. The van der Waals surface area contributed by atoms with Crippen molar-refractivity contribution in [3.05, 3.63) is 41.9 Å². The van der Waals surface area contributed by atoms with E-state index in [4.69, 9.17) is 4.52 Å². The van der Waals surface area contributed by atoms with Crippen LogP contribution < -0.4 is 5.32 Å². The van der Waals surface area contributed by atoms with Crippen molar-refractivity contribution >= 4 is 11.9 Å². The first-order chi connectivity index (χ1) is 10.7. The van der Waals surface area contributed by atoms with Gasteiger partial charge in [0.05, 0.1) is 5.69 Å². The van der Waals surface area contributed by atoms with E-state index in [2.05, 4.69) is 15.5 Å². The summed E-state index contributed by atoms with van der Waals surface area (Å²) < 4.78 is 5.04. The second kappa shape index (κ2) is 6.60. The molecule has 0 aromatic carbocycles. The third-order valence-electron chi connectivity index (χ3n) is 3.96. The molecule has 1 saturated heterocycles. The van der Waals surface area contributed by atoms with E-state index < -0.39 is 0 Å². The second-order valence-electron chi connectivity index (χ2n) is 5.61. The molecule has 6 nitrogen and oxygen atoms in total. The Morgan fingerprint density at radius 2 is 2.41 bits per heavy atom.